The summed E-state index contributed by atoms with van der Waals surface area (Å²) in [6.07, 6.45) is 3.02. The average Bonchev–Trinajstić information content (AvgIpc) is 2.34. The Labute approximate surface area is 103 Å². The maximum absolute atomic E-state index is 11.9. The van der Waals surface area contributed by atoms with Crippen LogP contribution in [0.1, 0.15) is 10.5 Å². The van der Waals surface area contributed by atoms with Crippen molar-refractivity contribution >= 4 is 17.3 Å². The molecule has 1 amide bonds. The molecule has 0 saturated heterocycles. The Kier molecular flexibility index (Phi) is 3.09. The molecule has 0 aromatic carbocycles. The van der Waals surface area contributed by atoms with Crippen molar-refractivity contribution in [3.05, 3.63) is 52.7 Å². The Hall–Kier alpha value is -2.63. The van der Waals surface area contributed by atoms with Crippen LogP contribution in [0.3, 0.4) is 0 Å². The number of carbonyl (C=O) groups excluding carboxylic acids is 1. The van der Waals surface area contributed by atoms with Crippen LogP contribution >= 0.6 is 0 Å². The number of pyridine rings is 2. The monoisotopic (exact) mass is 244 g/mol. The van der Waals surface area contributed by atoms with Gasteiger partial charge in [-0.1, -0.05) is 0 Å². The third kappa shape index (κ3) is 2.37. The van der Waals surface area contributed by atoms with Gasteiger partial charge in [0.2, 0.25) is 5.56 Å². The van der Waals surface area contributed by atoms with E-state index in [2.05, 4.69) is 10.3 Å². The zero-order valence-corrected chi connectivity index (χ0v) is 9.75. The molecule has 2 aromatic heterocycles. The lowest BCUT2D eigenvalue weighted by atomic mass is 10.3. The minimum Gasteiger partial charge on any atom is -0.397 e. The SMILES string of the molecule is Cn1cc(NC(=O)c2ncccc2N)ccc1=O. The van der Waals surface area contributed by atoms with Crippen LogP contribution in [-0.2, 0) is 7.05 Å². The number of aryl methyl sites for hydroxylation is 1. The van der Waals surface area contributed by atoms with Gasteiger partial charge in [-0.25, -0.2) is 4.98 Å². The van der Waals surface area contributed by atoms with Gasteiger partial charge in [-0.05, 0) is 18.2 Å². The molecule has 0 atom stereocenters. The number of nitrogens with one attached hydrogen (secondary N) is 1. The zero-order valence-electron chi connectivity index (χ0n) is 9.75. The summed E-state index contributed by atoms with van der Waals surface area (Å²) in [7, 11) is 1.60. The molecule has 0 aliphatic heterocycles. The van der Waals surface area contributed by atoms with Gasteiger partial charge in [0.1, 0.15) is 0 Å². The van der Waals surface area contributed by atoms with Crippen molar-refractivity contribution in [2.75, 3.05) is 11.1 Å². The molecule has 0 bridgehead atoms. The largest absolute Gasteiger partial charge is 0.397 e. The summed E-state index contributed by atoms with van der Waals surface area (Å²) >= 11 is 0. The zero-order chi connectivity index (χ0) is 13.1. The van der Waals surface area contributed by atoms with Gasteiger partial charge in [-0.15, -0.1) is 0 Å². The van der Waals surface area contributed by atoms with Gasteiger partial charge in [0.15, 0.2) is 5.69 Å². The lowest BCUT2D eigenvalue weighted by Crippen LogP contribution is -2.19. The molecule has 0 unspecified atom stereocenters. The summed E-state index contributed by atoms with van der Waals surface area (Å²) in [5.74, 6) is -0.410. The van der Waals surface area contributed by atoms with Crippen LogP contribution < -0.4 is 16.6 Å². The van der Waals surface area contributed by atoms with Crippen LogP contribution in [0.15, 0.2) is 41.5 Å². The molecule has 2 heterocycles. The highest BCUT2D eigenvalue weighted by molar-refractivity contribution is 6.06. The highest BCUT2D eigenvalue weighted by atomic mass is 16.2. The van der Waals surface area contributed by atoms with Crippen LogP contribution in [0.25, 0.3) is 0 Å². The molecule has 0 saturated carbocycles. The second-order valence-corrected chi connectivity index (χ2v) is 3.76. The van der Waals surface area contributed by atoms with Crippen molar-refractivity contribution < 1.29 is 4.79 Å². The number of carbonyl (C=O) groups is 1. The van der Waals surface area contributed by atoms with Crippen LogP contribution in [0, 0.1) is 0 Å². The molecular formula is C12H12N4O2. The Bertz CT molecular complexity index is 649. The Morgan fingerprint density at radius 1 is 1.39 bits per heavy atom. The quantitative estimate of drug-likeness (QED) is 0.810. The summed E-state index contributed by atoms with van der Waals surface area (Å²) < 4.78 is 1.37. The number of anilines is 2. The van der Waals surface area contributed by atoms with Crippen molar-refractivity contribution in [3.8, 4) is 0 Å². The summed E-state index contributed by atoms with van der Waals surface area (Å²) in [6.45, 7) is 0. The van der Waals surface area contributed by atoms with Gasteiger partial charge in [0, 0.05) is 25.5 Å². The number of nitrogens with two attached hydrogens (primary N) is 1. The molecule has 6 nitrogen and oxygen atoms in total. The van der Waals surface area contributed by atoms with Crippen molar-refractivity contribution in [1.82, 2.24) is 9.55 Å². The Morgan fingerprint density at radius 2 is 2.17 bits per heavy atom. The number of nitrogens with zero attached hydrogens (tertiary/aromatic N) is 2. The van der Waals surface area contributed by atoms with E-state index in [1.54, 1.807) is 19.2 Å². The standard InChI is InChI=1S/C12H12N4O2/c1-16-7-8(4-5-10(16)17)15-12(18)11-9(13)3-2-6-14-11/h2-7H,13H2,1H3,(H,15,18). The van der Waals surface area contributed by atoms with E-state index < -0.39 is 5.91 Å². The molecule has 6 heteroatoms. The van der Waals surface area contributed by atoms with Gasteiger partial charge >= 0.3 is 0 Å². The molecule has 18 heavy (non-hydrogen) atoms. The fraction of sp³-hybridized carbons (Fsp3) is 0.0833. The third-order valence-electron chi connectivity index (χ3n) is 2.40. The predicted molar refractivity (Wildman–Crippen MR) is 68.3 cm³/mol. The first kappa shape index (κ1) is 11.8. The maximum Gasteiger partial charge on any atom is 0.276 e. The van der Waals surface area contributed by atoms with Gasteiger partial charge in [-0.3, -0.25) is 9.59 Å². The second kappa shape index (κ2) is 4.70. The van der Waals surface area contributed by atoms with Crippen LogP contribution in [0.5, 0.6) is 0 Å². The smallest absolute Gasteiger partial charge is 0.276 e. The van der Waals surface area contributed by atoms with E-state index >= 15 is 0 Å². The molecular weight excluding hydrogens is 232 g/mol. The lowest BCUT2D eigenvalue weighted by Gasteiger charge is -2.07. The predicted octanol–water partition coefficient (Wildman–Crippen LogP) is 0.615. The number of hydrogen-bond donors (Lipinski definition) is 2. The Balaban J connectivity index is 2.24. The van der Waals surface area contributed by atoms with Gasteiger partial charge in [0.05, 0.1) is 11.4 Å². The highest BCUT2D eigenvalue weighted by Gasteiger charge is 2.11. The highest BCUT2D eigenvalue weighted by Crippen LogP contribution is 2.10. The minimum atomic E-state index is -0.410. The van der Waals surface area contributed by atoms with Crippen molar-refractivity contribution in [3.63, 3.8) is 0 Å². The average molecular weight is 244 g/mol. The number of rotatable bonds is 2. The molecule has 2 rings (SSSR count). The van der Waals surface area contributed by atoms with Gasteiger partial charge < -0.3 is 15.6 Å². The van der Waals surface area contributed by atoms with Crippen molar-refractivity contribution in [1.29, 1.82) is 0 Å². The van der Waals surface area contributed by atoms with Crippen LogP contribution in [0.2, 0.25) is 0 Å². The molecule has 0 aliphatic rings. The molecule has 0 aliphatic carbocycles. The minimum absolute atomic E-state index is 0.148. The van der Waals surface area contributed by atoms with Gasteiger partial charge in [0.25, 0.3) is 5.91 Å². The van der Waals surface area contributed by atoms with E-state index in [1.165, 1.54) is 29.1 Å². The molecule has 92 valence electrons. The summed E-state index contributed by atoms with van der Waals surface area (Å²) in [4.78, 5) is 27.0. The third-order valence-corrected chi connectivity index (χ3v) is 2.40. The summed E-state index contributed by atoms with van der Waals surface area (Å²) in [5.41, 5.74) is 6.47. The molecule has 0 spiro atoms. The van der Waals surface area contributed by atoms with Gasteiger partial charge in [-0.2, -0.15) is 0 Å². The second-order valence-electron chi connectivity index (χ2n) is 3.76. The number of nitrogen functional groups attached to an aromatic ring is 1. The molecule has 0 fully saturated rings. The molecule has 3 N–H and O–H groups in total. The first-order valence-electron chi connectivity index (χ1n) is 5.26. The summed E-state index contributed by atoms with van der Waals surface area (Å²) in [5, 5.41) is 2.63. The van der Waals surface area contributed by atoms with E-state index in [-0.39, 0.29) is 11.3 Å². The first-order chi connectivity index (χ1) is 8.58. The van der Waals surface area contributed by atoms with E-state index in [1.807, 2.05) is 0 Å². The fourth-order valence-corrected chi connectivity index (χ4v) is 1.47. The first-order valence-corrected chi connectivity index (χ1v) is 5.26. The Morgan fingerprint density at radius 3 is 2.83 bits per heavy atom. The summed E-state index contributed by atoms with van der Waals surface area (Å²) in [6, 6.07) is 6.15. The molecule has 0 radical (unpaired) electrons. The van der Waals surface area contributed by atoms with Crippen molar-refractivity contribution in [2.24, 2.45) is 7.05 Å². The van der Waals surface area contributed by atoms with E-state index in [9.17, 15) is 9.59 Å². The topological polar surface area (TPSA) is 90.0 Å². The molecule has 2 aromatic rings. The van der Waals surface area contributed by atoms with Crippen molar-refractivity contribution in [2.45, 2.75) is 0 Å². The van der Waals surface area contributed by atoms with Crippen LogP contribution in [0.4, 0.5) is 11.4 Å². The van der Waals surface area contributed by atoms with E-state index in [0.717, 1.165) is 0 Å². The lowest BCUT2D eigenvalue weighted by molar-refractivity contribution is 0.102. The number of hydrogen-bond acceptors (Lipinski definition) is 4. The van der Waals surface area contributed by atoms with Crippen LogP contribution in [-0.4, -0.2) is 15.5 Å². The normalized spacial score (nSPS) is 10.1. The van der Waals surface area contributed by atoms with E-state index in [4.69, 9.17) is 5.73 Å². The maximum atomic E-state index is 11.9. The number of amides is 1. The number of aromatic nitrogens is 2. The fourth-order valence-electron chi connectivity index (χ4n) is 1.47. The van der Waals surface area contributed by atoms with E-state index in [0.29, 0.717) is 11.4 Å².